The van der Waals surface area contributed by atoms with Crippen LogP contribution in [-0.2, 0) is 10.0 Å². The summed E-state index contributed by atoms with van der Waals surface area (Å²) in [5.74, 6) is 0.273. The van der Waals surface area contributed by atoms with Crippen LogP contribution in [0.5, 0.6) is 5.75 Å². The van der Waals surface area contributed by atoms with Gasteiger partial charge in [0, 0.05) is 6.04 Å². The van der Waals surface area contributed by atoms with E-state index in [0.29, 0.717) is 11.3 Å². The fraction of sp³-hybridized carbons (Fsp3) is 0.250. The van der Waals surface area contributed by atoms with Crippen molar-refractivity contribution in [3.05, 3.63) is 59.4 Å². The van der Waals surface area contributed by atoms with Crippen molar-refractivity contribution < 1.29 is 17.5 Å². The second-order valence-corrected chi connectivity index (χ2v) is 6.74. The minimum absolute atomic E-state index is 0.0479. The highest BCUT2D eigenvalue weighted by Crippen LogP contribution is 2.20. The molecule has 2 aromatic carbocycles. The van der Waals surface area contributed by atoms with Crippen LogP contribution in [0.15, 0.2) is 47.4 Å². The highest BCUT2D eigenvalue weighted by molar-refractivity contribution is 7.89. The molecule has 0 saturated heterocycles. The van der Waals surface area contributed by atoms with Gasteiger partial charge < -0.3 is 4.74 Å². The Balaban J connectivity index is 2.21. The first-order chi connectivity index (χ1) is 10.3. The Labute approximate surface area is 130 Å². The van der Waals surface area contributed by atoms with Gasteiger partial charge in [-0.2, -0.15) is 0 Å². The van der Waals surface area contributed by atoms with E-state index in [1.54, 1.807) is 38.3 Å². The van der Waals surface area contributed by atoms with Gasteiger partial charge in [0.2, 0.25) is 10.0 Å². The van der Waals surface area contributed by atoms with Gasteiger partial charge in [0.1, 0.15) is 11.6 Å². The molecule has 0 radical (unpaired) electrons. The van der Waals surface area contributed by atoms with Crippen LogP contribution < -0.4 is 9.46 Å². The van der Waals surface area contributed by atoms with Crippen molar-refractivity contribution in [3.63, 3.8) is 0 Å². The summed E-state index contributed by atoms with van der Waals surface area (Å²) in [7, 11) is -2.14. The van der Waals surface area contributed by atoms with Crippen LogP contribution in [-0.4, -0.2) is 15.5 Å². The molecule has 0 aliphatic carbocycles. The molecule has 0 aliphatic rings. The molecule has 118 valence electrons. The number of benzene rings is 2. The molecule has 0 fully saturated rings. The number of ether oxygens (including phenoxy) is 1. The Morgan fingerprint density at radius 2 is 1.77 bits per heavy atom. The van der Waals surface area contributed by atoms with Gasteiger partial charge in [-0.05, 0) is 55.3 Å². The van der Waals surface area contributed by atoms with Crippen molar-refractivity contribution in [2.75, 3.05) is 7.11 Å². The monoisotopic (exact) mass is 323 g/mol. The normalized spacial score (nSPS) is 12.9. The molecule has 6 heteroatoms. The second-order valence-electron chi connectivity index (χ2n) is 5.03. The van der Waals surface area contributed by atoms with Crippen molar-refractivity contribution in [3.8, 4) is 5.75 Å². The molecular weight excluding hydrogens is 305 g/mol. The number of hydrogen-bond donors (Lipinski definition) is 1. The number of nitrogens with one attached hydrogen (secondary N) is 1. The van der Waals surface area contributed by atoms with Gasteiger partial charge in [-0.25, -0.2) is 17.5 Å². The van der Waals surface area contributed by atoms with E-state index >= 15 is 0 Å². The molecule has 1 atom stereocenters. The number of methoxy groups -OCH3 is 1. The van der Waals surface area contributed by atoms with E-state index in [0.717, 1.165) is 11.6 Å². The van der Waals surface area contributed by atoms with Gasteiger partial charge in [0.05, 0.1) is 12.0 Å². The Morgan fingerprint density at radius 3 is 2.32 bits per heavy atom. The standard InChI is InChI=1S/C16H18FNO3S/c1-11-10-15(8-9-16(11)17)22(19,20)18-12(2)13-4-6-14(21-3)7-5-13/h4-10,12,18H,1-3H3. The van der Waals surface area contributed by atoms with Crippen LogP contribution in [0.3, 0.4) is 0 Å². The largest absolute Gasteiger partial charge is 0.497 e. The lowest BCUT2D eigenvalue weighted by molar-refractivity contribution is 0.414. The average molecular weight is 323 g/mol. The van der Waals surface area contributed by atoms with E-state index in [1.807, 2.05) is 0 Å². The highest BCUT2D eigenvalue weighted by atomic mass is 32.2. The van der Waals surface area contributed by atoms with Crippen LogP contribution in [0.2, 0.25) is 0 Å². The van der Waals surface area contributed by atoms with E-state index in [9.17, 15) is 12.8 Å². The van der Waals surface area contributed by atoms with Crippen LogP contribution >= 0.6 is 0 Å². The van der Waals surface area contributed by atoms with Crippen molar-refractivity contribution in [1.82, 2.24) is 4.72 Å². The Hall–Kier alpha value is -1.92. The molecule has 2 aromatic rings. The summed E-state index contributed by atoms with van der Waals surface area (Å²) in [6.45, 7) is 3.27. The molecule has 4 nitrogen and oxygen atoms in total. The Kier molecular flexibility index (Phi) is 4.83. The predicted octanol–water partition coefficient (Wildman–Crippen LogP) is 3.18. The maximum atomic E-state index is 13.3. The molecule has 0 spiro atoms. The SMILES string of the molecule is COc1ccc(C(C)NS(=O)(=O)c2ccc(F)c(C)c2)cc1. The number of aryl methyl sites for hydroxylation is 1. The van der Waals surface area contributed by atoms with Gasteiger partial charge in [0.15, 0.2) is 0 Å². The molecular formula is C16H18FNO3S. The minimum atomic E-state index is -3.71. The summed E-state index contributed by atoms with van der Waals surface area (Å²) in [6.07, 6.45) is 0. The average Bonchev–Trinajstić information content (AvgIpc) is 2.49. The van der Waals surface area contributed by atoms with Crippen molar-refractivity contribution >= 4 is 10.0 Å². The van der Waals surface area contributed by atoms with Crippen LogP contribution in [0.4, 0.5) is 4.39 Å². The van der Waals surface area contributed by atoms with Crippen LogP contribution in [0.25, 0.3) is 0 Å². The Bertz CT molecular complexity index is 757. The fourth-order valence-electron chi connectivity index (χ4n) is 2.05. The highest BCUT2D eigenvalue weighted by Gasteiger charge is 2.19. The second kappa shape index (κ2) is 6.46. The first-order valence-electron chi connectivity index (χ1n) is 6.76. The van der Waals surface area contributed by atoms with E-state index < -0.39 is 21.9 Å². The molecule has 22 heavy (non-hydrogen) atoms. The van der Waals surface area contributed by atoms with E-state index in [4.69, 9.17) is 4.74 Å². The smallest absolute Gasteiger partial charge is 0.241 e. The van der Waals surface area contributed by atoms with E-state index in [-0.39, 0.29) is 4.90 Å². The fourth-order valence-corrected chi connectivity index (χ4v) is 3.36. The zero-order valence-corrected chi connectivity index (χ0v) is 13.4. The number of sulfonamides is 1. The third-order valence-corrected chi connectivity index (χ3v) is 4.93. The number of rotatable bonds is 5. The summed E-state index contributed by atoms with van der Waals surface area (Å²) >= 11 is 0. The number of hydrogen-bond acceptors (Lipinski definition) is 3. The van der Waals surface area contributed by atoms with Gasteiger partial charge in [-0.3, -0.25) is 0 Å². The molecule has 0 amide bonds. The number of halogens is 1. The third kappa shape index (κ3) is 3.64. The lowest BCUT2D eigenvalue weighted by Gasteiger charge is -2.15. The van der Waals surface area contributed by atoms with Crippen molar-refractivity contribution in [2.45, 2.75) is 24.8 Å². The summed E-state index contributed by atoms with van der Waals surface area (Å²) < 4.78 is 45.6. The minimum Gasteiger partial charge on any atom is -0.497 e. The first-order valence-corrected chi connectivity index (χ1v) is 8.24. The van der Waals surface area contributed by atoms with Crippen LogP contribution in [0, 0.1) is 12.7 Å². The summed E-state index contributed by atoms with van der Waals surface area (Å²) in [5, 5.41) is 0. The van der Waals surface area contributed by atoms with Crippen molar-refractivity contribution in [2.24, 2.45) is 0 Å². The summed E-state index contributed by atoms with van der Waals surface area (Å²) in [5.41, 5.74) is 1.10. The summed E-state index contributed by atoms with van der Waals surface area (Å²) in [6, 6.07) is 10.4. The lowest BCUT2D eigenvalue weighted by atomic mass is 10.1. The summed E-state index contributed by atoms with van der Waals surface area (Å²) in [4.78, 5) is 0.0479. The van der Waals surface area contributed by atoms with Crippen molar-refractivity contribution in [1.29, 1.82) is 0 Å². The first kappa shape index (κ1) is 16.5. The van der Waals surface area contributed by atoms with Gasteiger partial charge in [-0.1, -0.05) is 12.1 Å². The molecule has 1 unspecified atom stereocenters. The molecule has 0 heterocycles. The van der Waals surface area contributed by atoms with Crippen LogP contribution in [0.1, 0.15) is 24.1 Å². The van der Waals surface area contributed by atoms with E-state index in [1.165, 1.54) is 19.1 Å². The predicted molar refractivity (Wildman–Crippen MR) is 82.9 cm³/mol. The van der Waals surface area contributed by atoms with Gasteiger partial charge in [-0.15, -0.1) is 0 Å². The molecule has 0 saturated carbocycles. The molecule has 1 N–H and O–H groups in total. The zero-order chi connectivity index (χ0) is 16.3. The van der Waals surface area contributed by atoms with E-state index in [2.05, 4.69) is 4.72 Å². The third-order valence-electron chi connectivity index (χ3n) is 3.39. The van der Waals surface area contributed by atoms with Gasteiger partial charge in [0.25, 0.3) is 0 Å². The molecule has 2 rings (SSSR count). The topological polar surface area (TPSA) is 55.4 Å². The molecule has 0 aliphatic heterocycles. The quantitative estimate of drug-likeness (QED) is 0.919. The Morgan fingerprint density at radius 1 is 1.14 bits per heavy atom. The van der Waals surface area contributed by atoms with Gasteiger partial charge >= 0.3 is 0 Å². The lowest BCUT2D eigenvalue weighted by Crippen LogP contribution is -2.27. The maximum absolute atomic E-state index is 13.3. The molecule has 0 aromatic heterocycles. The zero-order valence-electron chi connectivity index (χ0n) is 12.6. The molecule has 0 bridgehead atoms. The maximum Gasteiger partial charge on any atom is 0.241 e.